The highest BCUT2D eigenvalue weighted by molar-refractivity contribution is 4.32. The van der Waals surface area contributed by atoms with Crippen molar-refractivity contribution in [1.29, 1.82) is 0 Å². The maximum absolute atomic E-state index is 8.14. The van der Waals surface area contributed by atoms with Crippen LogP contribution in [-0.4, -0.2) is 23.4 Å². The van der Waals surface area contributed by atoms with Crippen molar-refractivity contribution in [3.05, 3.63) is 0 Å². The molecule has 0 unspecified atom stereocenters. The number of hydrogen-bond donors (Lipinski definition) is 2. The highest BCUT2D eigenvalue weighted by atomic mass is 16.3. The van der Waals surface area contributed by atoms with Crippen LogP contribution in [0, 0.1) is 5.92 Å². The number of aliphatic hydroxyl groups is 2. The third kappa shape index (κ3) is 38.9. The zero-order valence-electron chi connectivity index (χ0n) is 5.89. The summed E-state index contributed by atoms with van der Waals surface area (Å²) in [5.74, 6) is 0.440. The summed E-state index contributed by atoms with van der Waals surface area (Å²) in [5, 5.41) is 15.7. The van der Waals surface area contributed by atoms with Crippen LogP contribution in [0.3, 0.4) is 0 Å². The van der Waals surface area contributed by atoms with E-state index in [2.05, 4.69) is 0 Å². The third-order valence-electron chi connectivity index (χ3n) is 0.365. The largest absolute Gasteiger partial charge is 0.397 e. The molecule has 2 N–H and O–H groups in total. The van der Waals surface area contributed by atoms with Crippen LogP contribution in [0.5, 0.6) is 0 Å². The van der Waals surface area contributed by atoms with Gasteiger partial charge in [-0.3, -0.25) is 0 Å². The van der Waals surface area contributed by atoms with E-state index in [1.807, 2.05) is 13.8 Å². The van der Waals surface area contributed by atoms with Crippen molar-refractivity contribution >= 4 is 0 Å². The van der Waals surface area contributed by atoms with Gasteiger partial charge in [0.15, 0.2) is 0 Å². The molecular weight excluding hydrogens is 104 g/mol. The van der Waals surface area contributed by atoms with Gasteiger partial charge in [0.2, 0.25) is 0 Å². The van der Waals surface area contributed by atoms with Crippen molar-refractivity contribution in [2.45, 2.75) is 20.8 Å². The molecule has 2 nitrogen and oxygen atoms in total. The minimum Gasteiger partial charge on any atom is -0.397 e. The van der Waals surface area contributed by atoms with Gasteiger partial charge < -0.3 is 10.2 Å². The first-order valence-electron chi connectivity index (χ1n) is 2.90. The molecule has 0 aliphatic rings. The second-order valence-corrected chi connectivity index (χ2v) is 1.89. The second-order valence-electron chi connectivity index (χ2n) is 1.89. The van der Waals surface area contributed by atoms with Crippen molar-refractivity contribution in [3.8, 4) is 0 Å². The monoisotopic (exact) mass is 120 g/mol. The molecule has 0 saturated carbocycles. The van der Waals surface area contributed by atoms with Gasteiger partial charge >= 0.3 is 0 Å². The number of rotatable bonds is 1. The highest BCUT2D eigenvalue weighted by Crippen LogP contribution is 1.83. The summed E-state index contributed by atoms with van der Waals surface area (Å²) in [6, 6.07) is 0. The smallest absolute Gasteiger partial charge is 0.0453 e. The third-order valence-corrected chi connectivity index (χ3v) is 0.365. The van der Waals surface area contributed by atoms with Crippen LogP contribution in [0.2, 0.25) is 0 Å². The maximum atomic E-state index is 8.14. The van der Waals surface area contributed by atoms with E-state index in [1.54, 1.807) is 6.92 Å². The lowest BCUT2D eigenvalue weighted by molar-refractivity contribution is 0.248. The van der Waals surface area contributed by atoms with Gasteiger partial charge in [0.25, 0.3) is 0 Å². The normalized spacial score (nSPS) is 8.25. The van der Waals surface area contributed by atoms with Crippen molar-refractivity contribution in [2.75, 3.05) is 13.2 Å². The Bertz CT molecular complexity index is 27.7. The molecule has 0 bridgehead atoms. The molecule has 0 fully saturated rings. The van der Waals surface area contributed by atoms with E-state index in [9.17, 15) is 0 Å². The molecule has 0 heterocycles. The fourth-order valence-electron chi connectivity index (χ4n) is 0. The van der Waals surface area contributed by atoms with Crippen LogP contribution < -0.4 is 0 Å². The van der Waals surface area contributed by atoms with Crippen LogP contribution in [0.25, 0.3) is 0 Å². The minimum absolute atomic E-state index is 0.250. The van der Waals surface area contributed by atoms with Gasteiger partial charge in [0.05, 0.1) is 0 Å². The van der Waals surface area contributed by atoms with Crippen molar-refractivity contribution in [1.82, 2.24) is 0 Å². The van der Waals surface area contributed by atoms with Gasteiger partial charge in [-0.05, 0) is 12.8 Å². The molecule has 8 heavy (non-hydrogen) atoms. The van der Waals surface area contributed by atoms with Gasteiger partial charge in [-0.15, -0.1) is 0 Å². The predicted molar refractivity (Wildman–Crippen MR) is 34.7 cm³/mol. The van der Waals surface area contributed by atoms with E-state index in [0.717, 1.165) is 0 Å². The Balaban J connectivity index is 0. The SMILES string of the molecule is CC(C)CO.CCO. The summed E-state index contributed by atoms with van der Waals surface area (Å²) >= 11 is 0. The zero-order valence-corrected chi connectivity index (χ0v) is 5.89. The van der Waals surface area contributed by atoms with E-state index in [0.29, 0.717) is 12.5 Å². The van der Waals surface area contributed by atoms with Gasteiger partial charge in [-0.25, -0.2) is 0 Å². The topological polar surface area (TPSA) is 40.5 Å². The summed E-state index contributed by atoms with van der Waals surface area (Å²) < 4.78 is 0. The maximum Gasteiger partial charge on any atom is 0.0453 e. The van der Waals surface area contributed by atoms with Crippen LogP contribution in [0.15, 0.2) is 0 Å². The van der Waals surface area contributed by atoms with Crippen LogP contribution in [0.4, 0.5) is 0 Å². The molecule has 0 saturated heterocycles. The molecule has 52 valence electrons. The molecule has 0 rings (SSSR count). The number of aliphatic hydroxyl groups excluding tert-OH is 2. The van der Waals surface area contributed by atoms with Crippen molar-refractivity contribution < 1.29 is 10.2 Å². The summed E-state index contributed by atoms with van der Waals surface area (Å²) in [7, 11) is 0. The molecule has 0 spiro atoms. The Kier molecular flexibility index (Phi) is 13.6. The van der Waals surface area contributed by atoms with Crippen molar-refractivity contribution in [3.63, 3.8) is 0 Å². The summed E-state index contributed by atoms with van der Waals surface area (Å²) in [6.45, 7) is 6.18. The molecule has 0 amide bonds. The standard InChI is InChI=1S/C4H10O.C2H6O/c1-4(2)3-5;1-2-3/h4-5H,3H2,1-2H3;3H,2H2,1H3. The zero-order chi connectivity index (χ0) is 6.99. The molecule has 2 heteroatoms. The Morgan fingerprint density at radius 3 is 1.38 bits per heavy atom. The molecule has 0 aliphatic heterocycles. The molecule has 0 aromatic carbocycles. The Hall–Kier alpha value is -0.0800. The molecule has 0 aromatic heterocycles. The van der Waals surface area contributed by atoms with Gasteiger partial charge in [-0.2, -0.15) is 0 Å². The summed E-state index contributed by atoms with van der Waals surface area (Å²) in [5.41, 5.74) is 0. The predicted octanol–water partition coefficient (Wildman–Crippen LogP) is 0.633. The molecular formula is C6H16O2. The number of hydrogen-bond acceptors (Lipinski definition) is 2. The fraction of sp³-hybridized carbons (Fsp3) is 1.00. The summed E-state index contributed by atoms with van der Waals surface area (Å²) in [6.07, 6.45) is 0. The van der Waals surface area contributed by atoms with Gasteiger partial charge in [0, 0.05) is 13.2 Å². The van der Waals surface area contributed by atoms with Crippen molar-refractivity contribution in [2.24, 2.45) is 5.92 Å². The Labute approximate surface area is 51.2 Å². The van der Waals surface area contributed by atoms with Gasteiger partial charge in [0.1, 0.15) is 0 Å². The second kappa shape index (κ2) is 10.0. The first-order chi connectivity index (χ1) is 3.68. The van der Waals surface area contributed by atoms with E-state index in [-0.39, 0.29) is 6.61 Å². The highest BCUT2D eigenvalue weighted by Gasteiger charge is 1.81. The first-order valence-corrected chi connectivity index (χ1v) is 2.90. The lowest BCUT2D eigenvalue weighted by Gasteiger charge is -1.90. The average molecular weight is 120 g/mol. The average Bonchev–Trinajstić information content (AvgIpc) is 1.69. The van der Waals surface area contributed by atoms with Gasteiger partial charge in [-0.1, -0.05) is 13.8 Å². The fourth-order valence-corrected chi connectivity index (χ4v) is 0. The van der Waals surface area contributed by atoms with Crippen LogP contribution in [0.1, 0.15) is 20.8 Å². The Morgan fingerprint density at radius 1 is 1.25 bits per heavy atom. The first kappa shape index (κ1) is 10.8. The summed E-state index contributed by atoms with van der Waals surface area (Å²) in [4.78, 5) is 0. The van der Waals surface area contributed by atoms with E-state index in [1.165, 1.54) is 0 Å². The lowest BCUT2D eigenvalue weighted by Crippen LogP contribution is -1.90. The lowest BCUT2D eigenvalue weighted by atomic mass is 10.2. The van der Waals surface area contributed by atoms with E-state index < -0.39 is 0 Å². The van der Waals surface area contributed by atoms with E-state index >= 15 is 0 Å². The quantitative estimate of drug-likeness (QED) is 0.533. The molecule has 0 aliphatic carbocycles. The minimum atomic E-state index is 0.250. The van der Waals surface area contributed by atoms with Crippen LogP contribution >= 0.6 is 0 Å². The Morgan fingerprint density at radius 2 is 1.38 bits per heavy atom. The van der Waals surface area contributed by atoms with E-state index in [4.69, 9.17) is 10.2 Å². The van der Waals surface area contributed by atoms with Crippen LogP contribution in [-0.2, 0) is 0 Å². The molecule has 0 aromatic rings. The molecule has 0 atom stereocenters. The molecule has 0 radical (unpaired) electrons.